The average molecular weight is 330 g/mol. The van der Waals surface area contributed by atoms with Crippen molar-refractivity contribution in [3.63, 3.8) is 0 Å². The summed E-state index contributed by atoms with van der Waals surface area (Å²) in [5, 5.41) is 13.7. The van der Waals surface area contributed by atoms with E-state index >= 15 is 0 Å². The predicted octanol–water partition coefficient (Wildman–Crippen LogP) is 3.99. The number of para-hydroxylation sites is 1. The highest BCUT2D eigenvalue weighted by Crippen LogP contribution is 2.15. The van der Waals surface area contributed by atoms with Crippen LogP contribution < -0.4 is 10.6 Å². The lowest BCUT2D eigenvalue weighted by molar-refractivity contribution is 0.746. The van der Waals surface area contributed by atoms with Gasteiger partial charge in [-0.05, 0) is 18.2 Å². The van der Waals surface area contributed by atoms with Crippen LogP contribution in [0.25, 0.3) is 17.0 Å². The maximum Gasteiger partial charge on any atom is 0.151 e. The van der Waals surface area contributed by atoms with Crippen LogP contribution in [-0.4, -0.2) is 5.71 Å². The Kier molecular flexibility index (Phi) is 4.04. The molecule has 1 aromatic heterocycles. The molecule has 0 N–H and O–H groups in total. The summed E-state index contributed by atoms with van der Waals surface area (Å²) in [6, 6.07) is 20.0. The smallest absolute Gasteiger partial charge is 0.151 e. The molecule has 0 radical (unpaired) electrons. The number of fused-ring (bicyclic) bond motifs is 2. The molecule has 24 heavy (non-hydrogen) atoms. The Morgan fingerprint density at radius 2 is 1.71 bits per heavy atom. The highest BCUT2D eigenvalue weighted by atomic mass is 32.1. The third-order valence-electron chi connectivity index (χ3n) is 3.70. The first-order valence-corrected chi connectivity index (χ1v) is 8.41. The molecule has 1 aliphatic rings. The number of allylic oxidation sites excluding steroid dienone is 2. The molecular weight excluding hydrogens is 316 g/mol. The number of hydrogen-bond donors (Lipinski definition) is 0. The van der Waals surface area contributed by atoms with Crippen LogP contribution in [0.3, 0.4) is 0 Å². The maximum absolute atomic E-state index is 5.73. The van der Waals surface area contributed by atoms with Crippen LogP contribution in [0.2, 0.25) is 0 Å². The summed E-state index contributed by atoms with van der Waals surface area (Å²) >= 11 is 1.29. The minimum absolute atomic E-state index is 0.799. The molecule has 3 aromatic rings. The van der Waals surface area contributed by atoms with E-state index in [-0.39, 0.29) is 0 Å². The second-order valence-electron chi connectivity index (χ2n) is 5.29. The summed E-state index contributed by atoms with van der Waals surface area (Å²) in [5.41, 5.74) is 2.62. The van der Waals surface area contributed by atoms with Gasteiger partial charge < -0.3 is 3.85 Å². The molecule has 0 bridgehead atoms. The lowest BCUT2D eigenvalue weighted by atomic mass is 10.1. The Bertz CT molecular complexity index is 1120. The van der Waals surface area contributed by atoms with Gasteiger partial charge in [-0.2, -0.15) is 0 Å². The summed E-state index contributed by atoms with van der Waals surface area (Å²) in [5.74, 6) is 0. The van der Waals surface area contributed by atoms with Gasteiger partial charge in [-0.15, -0.1) is 10.2 Å². The Morgan fingerprint density at radius 1 is 0.833 bits per heavy atom. The van der Waals surface area contributed by atoms with Gasteiger partial charge in [0.2, 0.25) is 0 Å². The Balaban J connectivity index is 1.85. The molecule has 2 aromatic carbocycles. The quantitative estimate of drug-likeness (QED) is 0.665. The van der Waals surface area contributed by atoms with E-state index in [0.717, 1.165) is 32.8 Å². The summed E-state index contributed by atoms with van der Waals surface area (Å²) in [6.45, 7) is 0. The Labute approximate surface area is 143 Å². The number of rotatable bonds is 1. The van der Waals surface area contributed by atoms with Crippen LogP contribution in [-0.2, 0) is 0 Å². The first kappa shape index (κ1) is 14.6. The summed E-state index contributed by atoms with van der Waals surface area (Å²) < 4.78 is 5.73. The lowest BCUT2D eigenvalue weighted by Crippen LogP contribution is -2.24. The van der Waals surface area contributed by atoms with E-state index in [2.05, 4.69) is 10.2 Å². The number of nitrogens with zero attached hydrogens (tertiary/aromatic N) is 2. The zero-order chi connectivity index (χ0) is 16.2. The van der Waals surface area contributed by atoms with Gasteiger partial charge in [0.1, 0.15) is 0 Å². The van der Waals surface area contributed by atoms with Crippen LogP contribution >= 0.6 is 11.6 Å². The number of hydrogen-bond acceptors (Lipinski definition) is 4. The van der Waals surface area contributed by atoms with Gasteiger partial charge in [-0.25, -0.2) is 0 Å². The van der Waals surface area contributed by atoms with Crippen LogP contribution in [0.15, 0.2) is 92.2 Å². The Morgan fingerprint density at radius 3 is 2.71 bits per heavy atom. The topological polar surface area (TPSA) is 37.9 Å². The summed E-state index contributed by atoms with van der Waals surface area (Å²) in [4.78, 5) is 0. The standard InChI is InChI=1S/C20H14N2OS/c1-3-9-18-15(6-1)8-5-10-19(22-21-18)17-13-12-16-7-2-4-11-20(16)23-24-14-17/h1-14H/b8-5?,10-5?,13-12?,15-8-,17-14?,19-10?,21-18-,22-19?,22-21?. The Hall–Kier alpha value is -2.98. The third kappa shape index (κ3) is 3.05. The summed E-state index contributed by atoms with van der Waals surface area (Å²) in [7, 11) is 0. The molecule has 3 nitrogen and oxygen atoms in total. The molecule has 0 spiro atoms. The van der Waals surface area contributed by atoms with Crippen molar-refractivity contribution >= 4 is 34.4 Å². The number of benzene rings is 2. The fourth-order valence-electron chi connectivity index (χ4n) is 2.44. The minimum atomic E-state index is 0.799. The predicted molar refractivity (Wildman–Crippen MR) is 99.1 cm³/mol. The van der Waals surface area contributed by atoms with Gasteiger partial charge in [-0.1, -0.05) is 60.7 Å². The van der Waals surface area contributed by atoms with Crippen molar-refractivity contribution in [2.24, 2.45) is 10.2 Å². The first-order valence-electron chi connectivity index (χ1n) is 7.60. The molecule has 2 heterocycles. The van der Waals surface area contributed by atoms with Gasteiger partial charge in [0, 0.05) is 33.2 Å². The fourth-order valence-corrected chi connectivity index (χ4v) is 3.05. The van der Waals surface area contributed by atoms with E-state index < -0.39 is 0 Å². The minimum Gasteiger partial charge on any atom is -0.401 e. The molecular formula is C20H14N2OS. The molecule has 4 heteroatoms. The van der Waals surface area contributed by atoms with Gasteiger partial charge in [-0.3, -0.25) is 0 Å². The highest BCUT2D eigenvalue weighted by Gasteiger charge is 2.01. The SMILES string of the molecule is C1=CC(c2ccc3ccccc3osc2)=N/N=c2/cccc/c2=C/1. The van der Waals surface area contributed by atoms with Crippen molar-refractivity contribution in [1.82, 2.24) is 0 Å². The van der Waals surface area contributed by atoms with Gasteiger partial charge in [0.25, 0.3) is 0 Å². The van der Waals surface area contributed by atoms with E-state index in [9.17, 15) is 0 Å². The summed E-state index contributed by atoms with van der Waals surface area (Å²) in [6.07, 6.45) is 6.00. The van der Waals surface area contributed by atoms with Crippen molar-refractivity contribution in [3.8, 4) is 0 Å². The van der Waals surface area contributed by atoms with Crippen LogP contribution in [0.1, 0.15) is 5.56 Å². The van der Waals surface area contributed by atoms with E-state index in [1.54, 1.807) is 0 Å². The largest absolute Gasteiger partial charge is 0.401 e. The normalized spacial score (nSPS) is 15.8. The lowest BCUT2D eigenvalue weighted by Gasteiger charge is -2.00. The van der Waals surface area contributed by atoms with Crippen molar-refractivity contribution in [3.05, 3.63) is 94.3 Å². The first-order chi connectivity index (χ1) is 11.9. The van der Waals surface area contributed by atoms with Crippen molar-refractivity contribution in [2.75, 3.05) is 0 Å². The van der Waals surface area contributed by atoms with E-state index in [1.165, 1.54) is 11.6 Å². The third-order valence-corrected chi connectivity index (χ3v) is 4.33. The van der Waals surface area contributed by atoms with Crippen LogP contribution in [0.4, 0.5) is 0 Å². The van der Waals surface area contributed by atoms with E-state index in [1.807, 2.05) is 84.3 Å². The molecule has 0 saturated heterocycles. The molecule has 0 unspecified atom stereocenters. The fraction of sp³-hybridized carbons (Fsp3) is 0. The van der Waals surface area contributed by atoms with E-state index in [4.69, 9.17) is 3.85 Å². The van der Waals surface area contributed by atoms with Gasteiger partial charge >= 0.3 is 0 Å². The van der Waals surface area contributed by atoms with Gasteiger partial charge in [0.05, 0.1) is 11.1 Å². The van der Waals surface area contributed by atoms with Crippen LogP contribution in [0, 0.1) is 0 Å². The molecule has 0 amide bonds. The van der Waals surface area contributed by atoms with Crippen molar-refractivity contribution in [1.29, 1.82) is 0 Å². The van der Waals surface area contributed by atoms with Crippen molar-refractivity contribution < 1.29 is 3.85 Å². The maximum atomic E-state index is 5.73. The molecule has 1 aliphatic heterocycles. The molecule has 0 atom stereocenters. The van der Waals surface area contributed by atoms with Crippen molar-refractivity contribution in [2.45, 2.75) is 0 Å². The monoisotopic (exact) mass is 330 g/mol. The second kappa shape index (κ2) is 6.64. The molecule has 4 rings (SSSR count). The molecule has 0 fully saturated rings. The van der Waals surface area contributed by atoms with E-state index in [0.29, 0.717) is 0 Å². The zero-order valence-electron chi connectivity index (χ0n) is 12.8. The average Bonchev–Trinajstić information content (AvgIpc) is 2.57. The highest BCUT2D eigenvalue weighted by molar-refractivity contribution is 7.01. The van der Waals surface area contributed by atoms with Gasteiger partial charge in [0.15, 0.2) is 5.58 Å². The molecule has 116 valence electrons. The zero-order valence-corrected chi connectivity index (χ0v) is 13.6. The molecule has 0 saturated carbocycles. The molecule has 0 aliphatic carbocycles. The van der Waals surface area contributed by atoms with Crippen LogP contribution in [0.5, 0.6) is 0 Å². The second-order valence-corrected chi connectivity index (χ2v) is 5.89.